The van der Waals surface area contributed by atoms with Crippen LogP contribution in [0, 0.1) is 6.92 Å². The maximum Gasteiger partial charge on any atom is 0.125 e. The van der Waals surface area contributed by atoms with Gasteiger partial charge in [-0.1, -0.05) is 11.6 Å². The van der Waals surface area contributed by atoms with Crippen LogP contribution in [0.1, 0.15) is 30.6 Å². The average Bonchev–Trinajstić information content (AvgIpc) is 2.38. The molecule has 0 bridgehead atoms. The van der Waals surface area contributed by atoms with Crippen LogP contribution in [0.25, 0.3) is 0 Å². The summed E-state index contributed by atoms with van der Waals surface area (Å²) in [6.45, 7) is 6.03. The molecule has 108 valence electrons. The minimum atomic E-state index is -0.539. The summed E-state index contributed by atoms with van der Waals surface area (Å²) < 4.78 is 5.55. The first-order chi connectivity index (χ1) is 9.08. The summed E-state index contributed by atoms with van der Waals surface area (Å²) in [6, 6.07) is 5.87. The van der Waals surface area contributed by atoms with Gasteiger partial charge in [-0.25, -0.2) is 0 Å². The van der Waals surface area contributed by atoms with Crippen molar-refractivity contribution in [2.45, 2.75) is 26.4 Å². The van der Waals surface area contributed by atoms with Gasteiger partial charge in [0.1, 0.15) is 5.75 Å². The summed E-state index contributed by atoms with van der Waals surface area (Å²) in [5, 5.41) is 19.1. The number of nitrogens with zero attached hydrogens (tertiary/aromatic N) is 1. The molecule has 1 aromatic rings. The van der Waals surface area contributed by atoms with Crippen LogP contribution in [-0.2, 0) is 0 Å². The molecule has 19 heavy (non-hydrogen) atoms. The molecule has 0 radical (unpaired) electrons. The maximum atomic E-state index is 10.3. The number of ether oxygens (including phenoxy) is 1. The molecular weight excluding hydrogens is 242 g/mol. The van der Waals surface area contributed by atoms with Crippen LogP contribution in [-0.4, -0.2) is 48.5 Å². The van der Waals surface area contributed by atoms with Crippen molar-refractivity contribution in [2.24, 2.45) is 0 Å². The van der Waals surface area contributed by atoms with Crippen molar-refractivity contribution in [3.05, 3.63) is 29.3 Å². The second-order valence-corrected chi connectivity index (χ2v) is 4.81. The van der Waals surface area contributed by atoms with E-state index in [1.165, 1.54) is 0 Å². The first-order valence-electron chi connectivity index (χ1n) is 6.79. The number of hydrogen-bond donors (Lipinski definition) is 2. The van der Waals surface area contributed by atoms with E-state index in [0.717, 1.165) is 23.4 Å². The summed E-state index contributed by atoms with van der Waals surface area (Å²) in [5.41, 5.74) is 1.96. The second-order valence-electron chi connectivity index (χ2n) is 4.81. The van der Waals surface area contributed by atoms with Gasteiger partial charge in [-0.2, -0.15) is 0 Å². The second kappa shape index (κ2) is 8.15. The predicted octanol–water partition coefficient (Wildman–Crippen LogP) is 1.74. The van der Waals surface area contributed by atoms with E-state index in [4.69, 9.17) is 9.84 Å². The van der Waals surface area contributed by atoms with Crippen molar-refractivity contribution in [1.82, 2.24) is 4.90 Å². The maximum absolute atomic E-state index is 10.3. The Labute approximate surface area is 115 Å². The molecule has 0 fully saturated rings. The topological polar surface area (TPSA) is 52.9 Å². The first-order valence-corrected chi connectivity index (χ1v) is 6.79. The highest BCUT2D eigenvalue weighted by atomic mass is 16.5. The largest absolute Gasteiger partial charge is 0.493 e. The van der Waals surface area contributed by atoms with E-state index >= 15 is 0 Å². The lowest BCUT2D eigenvalue weighted by Gasteiger charge is -2.20. The summed E-state index contributed by atoms with van der Waals surface area (Å²) in [4.78, 5) is 2.00. The fourth-order valence-electron chi connectivity index (χ4n) is 2.00. The fraction of sp³-hybridized carbons (Fsp3) is 0.600. The van der Waals surface area contributed by atoms with Gasteiger partial charge in [0.05, 0.1) is 19.3 Å². The van der Waals surface area contributed by atoms with E-state index in [2.05, 4.69) is 0 Å². The Morgan fingerprint density at radius 1 is 1.32 bits per heavy atom. The lowest BCUT2D eigenvalue weighted by molar-refractivity contribution is 0.137. The number of aryl methyl sites for hydroxylation is 1. The van der Waals surface area contributed by atoms with Crippen molar-refractivity contribution >= 4 is 0 Å². The standard InChI is InChI=1S/C15H25NO3/c1-4-19-15-6-5-12(2)11-13(15)14(18)7-8-16(3)9-10-17/h5-6,11,14,17-18H,4,7-10H2,1-3H3. The van der Waals surface area contributed by atoms with Crippen molar-refractivity contribution in [1.29, 1.82) is 0 Å². The molecule has 1 atom stereocenters. The van der Waals surface area contributed by atoms with Gasteiger partial charge in [0.15, 0.2) is 0 Å². The van der Waals surface area contributed by atoms with Gasteiger partial charge < -0.3 is 19.8 Å². The molecule has 0 aliphatic heterocycles. The average molecular weight is 267 g/mol. The third-order valence-electron chi connectivity index (χ3n) is 3.09. The molecule has 2 N–H and O–H groups in total. The summed E-state index contributed by atoms with van der Waals surface area (Å²) >= 11 is 0. The number of aliphatic hydroxyl groups is 2. The van der Waals surface area contributed by atoms with Gasteiger partial charge in [-0.05, 0) is 39.4 Å². The fourth-order valence-corrected chi connectivity index (χ4v) is 2.00. The molecule has 0 heterocycles. The van der Waals surface area contributed by atoms with E-state index in [9.17, 15) is 5.11 Å². The van der Waals surface area contributed by atoms with Crippen molar-refractivity contribution < 1.29 is 14.9 Å². The number of hydrogen-bond acceptors (Lipinski definition) is 4. The molecule has 0 aromatic heterocycles. The number of rotatable bonds is 8. The molecule has 4 heteroatoms. The van der Waals surface area contributed by atoms with E-state index < -0.39 is 6.10 Å². The molecule has 0 amide bonds. The van der Waals surface area contributed by atoms with E-state index in [-0.39, 0.29) is 6.61 Å². The first kappa shape index (κ1) is 16.0. The zero-order chi connectivity index (χ0) is 14.3. The quantitative estimate of drug-likeness (QED) is 0.753. The number of aliphatic hydroxyl groups excluding tert-OH is 2. The van der Waals surface area contributed by atoms with Crippen LogP contribution >= 0.6 is 0 Å². The number of benzene rings is 1. The normalized spacial score (nSPS) is 12.7. The van der Waals surface area contributed by atoms with Crippen molar-refractivity contribution in [3.63, 3.8) is 0 Å². The van der Waals surface area contributed by atoms with Gasteiger partial charge in [0, 0.05) is 18.7 Å². The molecule has 0 aliphatic carbocycles. The highest BCUT2D eigenvalue weighted by molar-refractivity contribution is 5.38. The minimum Gasteiger partial charge on any atom is -0.493 e. The molecule has 1 rings (SSSR count). The van der Waals surface area contributed by atoms with Crippen LogP contribution in [0.15, 0.2) is 18.2 Å². The van der Waals surface area contributed by atoms with Crippen LogP contribution < -0.4 is 4.74 Å². The van der Waals surface area contributed by atoms with Gasteiger partial charge in [0.2, 0.25) is 0 Å². The van der Waals surface area contributed by atoms with Crippen LogP contribution in [0.5, 0.6) is 5.75 Å². The number of likely N-dealkylation sites (N-methyl/N-ethyl adjacent to an activating group) is 1. The molecule has 1 unspecified atom stereocenters. The lowest BCUT2D eigenvalue weighted by atomic mass is 10.0. The summed E-state index contributed by atoms with van der Waals surface area (Å²) in [7, 11) is 1.93. The Bertz CT molecular complexity index is 382. The Hall–Kier alpha value is -1.10. The van der Waals surface area contributed by atoms with Crippen LogP contribution in [0.2, 0.25) is 0 Å². The van der Waals surface area contributed by atoms with Gasteiger partial charge in [-0.3, -0.25) is 0 Å². The van der Waals surface area contributed by atoms with Crippen LogP contribution in [0.4, 0.5) is 0 Å². The third kappa shape index (κ3) is 5.19. The minimum absolute atomic E-state index is 0.140. The Balaban J connectivity index is 2.69. The lowest BCUT2D eigenvalue weighted by Crippen LogP contribution is -2.24. The van der Waals surface area contributed by atoms with E-state index in [0.29, 0.717) is 19.6 Å². The van der Waals surface area contributed by atoms with E-state index in [1.54, 1.807) is 0 Å². The molecule has 0 saturated carbocycles. The SMILES string of the molecule is CCOc1ccc(C)cc1C(O)CCN(C)CCO. The third-order valence-corrected chi connectivity index (χ3v) is 3.09. The monoisotopic (exact) mass is 267 g/mol. The summed E-state index contributed by atoms with van der Waals surface area (Å²) in [5.74, 6) is 0.755. The molecule has 4 nitrogen and oxygen atoms in total. The molecular formula is C15H25NO3. The van der Waals surface area contributed by atoms with E-state index in [1.807, 2.05) is 44.0 Å². The molecule has 0 saturated heterocycles. The van der Waals surface area contributed by atoms with Crippen molar-refractivity contribution in [3.8, 4) is 5.75 Å². The zero-order valence-corrected chi connectivity index (χ0v) is 12.1. The molecule has 1 aromatic carbocycles. The van der Waals surface area contributed by atoms with Crippen LogP contribution in [0.3, 0.4) is 0 Å². The zero-order valence-electron chi connectivity index (χ0n) is 12.1. The highest BCUT2D eigenvalue weighted by Gasteiger charge is 2.14. The Morgan fingerprint density at radius 2 is 2.05 bits per heavy atom. The highest BCUT2D eigenvalue weighted by Crippen LogP contribution is 2.28. The van der Waals surface area contributed by atoms with Gasteiger partial charge in [0.25, 0.3) is 0 Å². The van der Waals surface area contributed by atoms with Gasteiger partial charge in [-0.15, -0.1) is 0 Å². The molecule has 0 spiro atoms. The van der Waals surface area contributed by atoms with Crippen molar-refractivity contribution in [2.75, 3.05) is 33.4 Å². The Kier molecular flexibility index (Phi) is 6.84. The predicted molar refractivity (Wildman–Crippen MR) is 76.5 cm³/mol. The summed E-state index contributed by atoms with van der Waals surface area (Å²) in [6.07, 6.45) is 0.0858. The smallest absolute Gasteiger partial charge is 0.125 e. The molecule has 0 aliphatic rings. The van der Waals surface area contributed by atoms with Gasteiger partial charge >= 0.3 is 0 Å². The Morgan fingerprint density at radius 3 is 2.68 bits per heavy atom.